The predicted octanol–water partition coefficient (Wildman–Crippen LogP) is 4.04. The molecule has 3 nitrogen and oxygen atoms in total. The maximum atomic E-state index is 4.48. The van der Waals surface area contributed by atoms with Crippen LogP contribution in [-0.4, -0.2) is 14.8 Å². The smallest absolute Gasteiger partial charge is 0.181 e. The van der Waals surface area contributed by atoms with Crippen molar-refractivity contribution >= 4 is 0 Å². The van der Waals surface area contributed by atoms with E-state index in [-0.39, 0.29) is 0 Å². The molecular formula is C15H21N3. The summed E-state index contributed by atoms with van der Waals surface area (Å²) in [4.78, 5) is 4.35. The van der Waals surface area contributed by atoms with Crippen molar-refractivity contribution in [1.82, 2.24) is 14.8 Å². The van der Waals surface area contributed by atoms with E-state index >= 15 is 0 Å². The fourth-order valence-corrected chi connectivity index (χ4v) is 1.85. The average molecular weight is 243 g/mol. The van der Waals surface area contributed by atoms with Crippen LogP contribution in [0.25, 0.3) is 11.4 Å². The SMILES string of the molecule is CCC(C)c1ccc(-c2ncn(C(C)C)n2)cc1. The number of hydrogen-bond donors (Lipinski definition) is 0. The topological polar surface area (TPSA) is 30.7 Å². The summed E-state index contributed by atoms with van der Waals surface area (Å²) in [6, 6.07) is 8.94. The van der Waals surface area contributed by atoms with Crippen LogP contribution in [0.3, 0.4) is 0 Å². The van der Waals surface area contributed by atoms with E-state index < -0.39 is 0 Å². The van der Waals surface area contributed by atoms with Gasteiger partial charge in [-0.25, -0.2) is 9.67 Å². The first-order chi connectivity index (χ1) is 8.61. The Morgan fingerprint density at radius 2 is 1.78 bits per heavy atom. The molecule has 2 rings (SSSR count). The van der Waals surface area contributed by atoms with Crippen molar-refractivity contribution in [2.45, 2.75) is 46.1 Å². The van der Waals surface area contributed by atoms with Crippen LogP contribution in [0, 0.1) is 0 Å². The third-order valence-electron chi connectivity index (χ3n) is 3.39. The lowest BCUT2D eigenvalue weighted by molar-refractivity contribution is 0.532. The quantitative estimate of drug-likeness (QED) is 0.811. The number of aromatic nitrogens is 3. The molecule has 0 aliphatic heterocycles. The van der Waals surface area contributed by atoms with Gasteiger partial charge < -0.3 is 0 Å². The molecule has 1 aromatic heterocycles. The summed E-state index contributed by atoms with van der Waals surface area (Å²) in [5.41, 5.74) is 2.46. The van der Waals surface area contributed by atoms with E-state index in [1.54, 1.807) is 6.33 Å². The summed E-state index contributed by atoms with van der Waals surface area (Å²) >= 11 is 0. The summed E-state index contributed by atoms with van der Waals surface area (Å²) in [6.07, 6.45) is 2.96. The standard InChI is InChI=1S/C15H21N3/c1-5-12(4)13-6-8-14(9-7-13)15-16-10-18(17-15)11(2)3/h6-12H,5H2,1-4H3. The second-order valence-corrected chi connectivity index (χ2v) is 5.07. The molecular weight excluding hydrogens is 222 g/mol. The highest BCUT2D eigenvalue weighted by atomic mass is 15.3. The van der Waals surface area contributed by atoms with Gasteiger partial charge in [-0.1, -0.05) is 38.1 Å². The second kappa shape index (κ2) is 5.34. The van der Waals surface area contributed by atoms with Crippen molar-refractivity contribution in [1.29, 1.82) is 0 Å². The minimum absolute atomic E-state index is 0.352. The molecule has 1 unspecified atom stereocenters. The Hall–Kier alpha value is -1.64. The summed E-state index contributed by atoms with van der Waals surface area (Å²) in [5.74, 6) is 1.42. The first kappa shape index (κ1) is 12.8. The first-order valence-electron chi connectivity index (χ1n) is 6.63. The third kappa shape index (κ3) is 2.61. The summed E-state index contributed by atoms with van der Waals surface area (Å²) in [7, 11) is 0. The lowest BCUT2D eigenvalue weighted by atomic mass is 9.97. The Labute approximate surface area is 109 Å². The Balaban J connectivity index is 2.23. The summed E-state index contributed by atoms with van der Waals surface area (Å²) in [5, 5.41) is 4.48. The third-order valence-corrected chi connectivity index (χ3v) is 3.39. The van der Waals surface area contributed by atoms with Crippen LogP contribution >= 0.6 is 0 Å². The van der Waals surface area contributed by atoms with E-state index in [0.29, 0.717) is 12.0 Å². The van der Waals surface area contributed by atoms with Crippen molar-refractivity contribution in [2.75, 3.05) is 0 Å². The van der Waals surface area contributed by atoms with E-state index in [9.17, 15) is 0 Å². The average Bonchev–Trinajstić information content (AvgIpc) is 2.88. The molecule has 18 heavy (non-hydrogen) atoms. The Morgan fingerprint density at radius 1 is 1.11 bits per heavy atom. The Morgan fingerprint density at radius 3 is 2.28 bits per heavy atom. The van der Waals surface area contributed by atoms with E-state index in [1.807, 2.05) is 4.68 Å². The molecule has 0 saturated carbocycles. The van der Waals surface area contributed by atoms with Gasteiger partial charge in [0.25, 0.3) is 0 Å². The van der Waals surface area contributed by atoms with Gasteiger partial charge in [0.2, 0.25) is 0 Å². The first-order valence-corrected chi connectivity index (χ1v) is 6.63. The predicted molar refractivity (Wildman–Crippen MR) is 74.5 cm³/mol. The van der Waals surface area contributed by atoms with Gasteiger partial charge in [0.05, 0.1) is 0 Å². The van der Waals surface area contributed by atoms with Gasteiger partial charge in [-0.3, -0.25) is 0 Å². The van der Waals surface area contributed by atoms with E-state index in [1.165, 1.54) is 12.0 Å². The molecule has 0 N–H and O–H groups in total. The van der Waals surface area contributed by atoms with Crippen molar-refractivity contribution in [2.24, 2.45) is 0 Å². The van der Waals surface area contributed by atoms with E-state index in [4.69, 9.17) is 0 Å². The van der Waals surface area contributed by atoms with E-state index in [0.717, 1.165) is 11.4 Å². The second-order valence-electron chi connectivity index (χ2n) is 5.07. The fraction of sp³-hybridized carbons (Fsp3) is 0.467. The minimum atomic E-state index is 0.352. The minimum Gasteiger partial charge on any atom is -0.250 e. The molecule has 0 fully saturated rings. The van der Waals surface area contributed by atoms with Gasteiger partial charge in [-0.05, 0) is 31.7 Å². The number of rotatable bonds is 4. The van der Waals surface area contributed by atoms with Crippen LogP contribution in [-0.2, 0) is 0 Å². The van der Waals surface area contributed by atoms with Crippen molar-refractivity contribution in [3.05, 3.63) is 36.2 Å². The Kier molecular flexibility index (Phi) is 3.80. The molecule has 0 bridgehead atoms. The zero-order valence-corrected chi connectivity index (χ0v) is 11.6. The lowest BCUT2D eigenvalue weighted by Crippen LogP contribution is -2.00. The van der Waals surface area contributed by atoms with Gasteiger partial charge in [0, 0.05) is 11.6 Å². The summed E-state index contributed by atoms with van der Waals surface area (Å²) in [6.45, 7) is 8.67. The van der Waals surface area contributed by atoms with Crippen molar-refractivity contribution in [3.8, 4) is 11.4 Å². The number of benzene rings is 1. The van der Waals surface area contributed by atoms with Gasteiger partial charge in [0.1, 0.15) is 6.33 Å². The van der Waals surface area contributed by atoms with Gasteiger partial charge in [0.15, 0.2) is 5.82 Å². The molecule has 0 aliphatic rings. The zero-order valence-electron chi connectivity index (χ0n) is 11.6. The molecule has 0 aliphatic carbocycles. The molecule has 1 atom stereocenters. The number of hydrogen-bond acceptors (Lipinski definition) is 2. The zero-order chi connectivity index (χ0) is 13.1. The maximum absolute atomic E-state index is 4.48. The molecule has 2 aromatic rings. The van der Waals surface area contributed by atoms with Gasteiger partial charge in [-0.2, -0.15) is 5.10 Å². The molecule has 0 saturated heterocycles. The fourth-order valence-electron chi connectivity index (χ4n) is 1.85. The van der Waals surface area contributed by atoms with Crippen LogP contribution in [0.1, 0.15) is 51.6 Å². The molecule has 1 aromatic carbocycles. The maximum Gasteiger partial charge on any atom is 0.181 e. The molecule has 0 amide bonds. The molecule has 0 radical (unpaired) electrons. The van der Waals surface area contributed by atoms with Crippen LogP contribution in [0.2, 0.25) is 0 Å². The number of nitrogens with zero attached hydrogens (tertiary/aromatic N) is 3. The van der Waals surface area contributed by atoms with E-state index in [2.05, 4.69) is 62.0 Å². The molecule has 0 spiro atoms. The van der Waals surface area contributed by atoms with Crippen molar-refractivity contribution in [3.63, 3.8) is 0 Å². The van der Waals surface area contributed by atoms with Crippen molar-refractivity contribution < 1.29 is 0 Å². The molecule has 1 heterocycles. The highest BCUT2D eigenvalue weighted by molar-refractivity contribution is 5.54. The monoisotopic (exact) mass is 243 g/mol. The highest BCUT2D eigenvalue weighted by Crippen LogP contribution is 2.22. The Bertz CT molecular complexity index is 497. The van der Waals surface area contributed by atoms with Crippen LogP contribution in [0.4, 0.5) is 0 Å². The van der Waals surface area contributed by atoms with Crippen LogP contribution in [0.15, 0.2) is 30.6 Å². The normalized spacial score (nSPS) is 12.9. The van der Waals surface area contributed by atoms with Gasteiger partial charge >= 0.3 is 0 Å². The summed E-state index contributed by atoms with van der Waals surface area (Å²) < 4.78 is 1.89. The highest BCUT2D eigenvalue weighted by Gasteiger charge is 2.07. The van der Waals surface area contributed by atoms with Gasteiger partial charge in [-0.15, -0.1) is 0 Å². The largest absolute Gasteiger partial charge is 0.250 e. The molecule has 3 heteroatoms. The lowest BCUT2D eigenvalue weighted by Gasteiger charge is -2.08. The molecule has 96 valence electrons. The van der Waals surface area contributed by atoms with Crippen LogP contribution < -0.4 is 0 Å². The van der Waals surface area contributed by atoms with Crippen LogP contribution in [0.5, 0.6) is 0 Å².